The van der Waals surface area contributed by atoms with Gasteiger partial charge in [0.2, 0.25) is 0 Å². The van der Waals surface area contributed by atoms with Gasteiger partial charge < -0.3 is 10.1 Å². The highest BCUT2D eigenvalue weighted by atomic mass is 79.9. The van der Waals surface area contributed by atoms with Gasteiger partial charge in [0.15, 0.2) is 6.10 Å². The zero-order chi connectivity index (χ0) is 16.1. The van der Waals surface area contributed by atoms with Crippen molar-refractivity contribution in [1.82, 2.24) is 5.32 Å². The molecule has 0 heterocycles. The quantitative estimate of drug-likeness (QED) is 0.860. The van der Waals surface area contributed by atoms with Gasteiger partial charge in [0.25, 0.3) is 5.91 Å². The highest BCUT2D eigenvalue weighted by Gasteiger charge is 2.17. The second kappa shape index (κ2) is 7.40. The Labute approximate surface area is 137 Å². The Balaban J connectivity index is 1.93. The Kier molecular flexibility index (Phi) is 5.55. The van der Waals surface area contributed by atoms with Gasteiger partial charge in [0, 0.05) is 4.47 Å². The van der Waals surface area contributed by atoms with Crippen LogP contribution in [0.25, 0.3) is 0 Å². The van der Waals surface area contributed by atoms with E-state index in [-0.39, 0.29) is 17.8 Å². The number of amides is 1. The van der Waals surface area contributed by atoms with Crippen LogP contribution in [-0.2, 0) is 4.79 Å². The molecule has 22 heavy (non-hydrogen) atoms. The third kappa shape index (κ3) is 4.56. The largest absolute Gasteiger partial charge is 0.481 e. The molecule has 0 aliphatic carbocycles. The lowest BCUT2D eigenvalue weighted by atomic mass is 10.1. The van der Waals surface area contributed by atoms with Crippen molar-refractivity contribution in [1.29, 1.82) is 0 Å². The maximum Gasteiger partial charge on any atom is 0.261 e. The second-order valence-corrected chi connectivity index (χ2v) is 5.91. The first-order valence-electron chi connectivity index (χ1n) is 6.94. The van der Waals surface area contributed by atoms with Crippen LogP contribution in [0.15, 0.2) is 53.0 Å². The summed E-state index contributed by atoms with van der Waals surface area (Å²) >= 11 is 3.34. The number of carbonyl (C=O) groups excluding carboxylic acids is 1. The summed E-state index contributed by atoms with van der Waals surface area (Å²) < 4.78 is 19.4. The fourth-order valence-electron chi connectivity index (χ4n) is 1.94. The fraction of sp³-hybridized carbons (Fsp3) is 0.235. The number of nitrogens with one attached hydrogen (secondary N) is 1. The van der Waals surface area contributed by atoms with Crippen molar-refractivity contribution >= 4 is 21.8 Å². The molecule has 0 unspecified atom stereocenters. The van der Waals surface area contributed by atoms with Crippen LogP contribution in [-0.4, -0.2) is 12.0 Å². The van der Waals surface area contributed by atoms with Crippen molar-refractivity contribution in [3.8, 4) is 5.75 Å². The summed E-state index contributed by atoms with van der Waals surface area (Å²) in [6.45, 7) is 3.53. The summed E-state index contributed by atoms with van der Waals surface area (Å²) in [5.74, 6) is 0.106. The van der Waals surface area contributed by atoms with Gasteiger partial charge in [0.05, 0.1) is 6.04 Å². The molecule has 2 rings (SSSR count). The van der Waals surface area contributed by atoms with Crippen molar-refractivity contribution < 1.29 is 13.9 Å². The zero-order valence-corrected chi connectivity index (χ0v) is 13.9. The van der Waals surface area contributed by atoms with Gasteiger partial charge in [-0.15, -0.1) is 0 Å². The summed E-state index contributed by atoms with van der Waals surface area (Å²) in [7, 11) is 0. The van der Waals surface area contributed by atoms with Gasteiger partial charge in [-0.3, -0.25) is 4.79 Å². The molecular formula is C17H17BrFNO2. The molecule has 0 aliphatic rings. The van der Waals surface area contributed by atoms with Crippen LogP contribution in [0.3, 0.4) is 0 Å². The van der Waals surface area contributed by atoms with Crippen molar-refractivity contribution in [2.24, 2.45) is 0 Å². The van der Waals surface area contributed by atoms with Gasteiger partial charge >= 0.3 is 0 Å². The summed E-state index contributed by atoms with van der Waals surface area (Å²) in [6.07, 6.45) is -0.621. The van der Waals surface area contributed by atoms with E-state index in [1.807, 2.05) is 19.1 Å². The van der Waals surface area contributed by atoms with Gasteiger partial charge in [-0.1, -0.05) is 28.1 Å². The van der Waals surface area contributed by atoms with Gasteiger partial charge in [-0.25, -0.2) is 4.39 Å². The first kappa shape index (κ1) is 16.5. The van der Waals surface area contributed by atoms with Gasteiger partial charge in [0.1, 0.15) is 11.6 Å². The van der Waals surface area contributed by atoms with E-state index in [1.54, 1.807) is 31.2 Å². The lowest BCUT2D eigenvalue weighted by molar-refractivity contribution is -0.127. The molecule has 1 N–H and O–H groups in total. The van der Waals surface area contributed by atoms with Crippen molar-refractivity contribution in [2.45, 2.75) is 26.0 Å². The van der Waals surface area contributed by atoms with Crippen LogP contribution >= 0.6 is 15.9 Å². The molecule has 0 saturated heterocycles. The average Bonchev–Trinajstić information content (AvgIpc) is 2.50. The maximum absolute atomic E-state index is 12.9. The summed E-state index contributed by atoms with van der Waals surface area (Å²) in [4.78, 5) is 12.1. The normalized spacial score (nSPS) is 13.3. The Hall–Kier alpha value is -1.88. The molecule has 0 spiro atoms. The second-order valence-electron chi connectivity index (χ2n) is 5.00. The highest BCUT2D eigenvalue weighted by molar-refractivity contribution is 9.10. The van der Waals surface area contributed by atoms with E-state index in [0.29, 0.717) is 5.75 Å². The molecule has 0 radical (unpaired) electrons. The standard InChI is InChI=1S/C17H17BrFNO2/c1-11(13-3-7-15(19)8-4-13)20-17(21)12(2)22-16-9-5-14(18)6-10-16/h3-12H,1-2H3,(H,20,21)/t11-,12-/m1/s1. The lowest BCUT2D eigenvalue weighted by Crippen LogP contribution is -2.37. The van der Waals surface area contributed by atoms with E-state index in [4.69, 9.17) is 4.74 Å². The van der Waals surface area contributed by atoms with Crippen LogP contribution < -0.4 is 10.1 Å². The molecular weight excluding hydrogens is 349 g/mol. The monoisotopic (exact) mass is 365 g/mol. The molecule has 2 aromatic rings. The van der Waals surface area contributed by atoms with E-state index < -0.39 is 6.10 Å². The molecule has 0 aromatic heterocycles. The number of benzene rings is 2. The SMILES string of the molecule is C[C@@H](Oc1ccc(Br)cc1)C(=O)N[C@H](C)c1ccc(F)cc1. The number of hydrogen-bond donors (Lipinski definition) is 1. The van der Waals surface area contributed by atoms with Crippen LogP contribution in [0, 0.1) is 5.82 Å². The minimum absolute atomic E-state index is 0.218. The molecule has 5 heteroatoms. The average molecular weight is 366 g/mol. The van der Waals surface area contributed by atoms with Crippen molar-refractivity contribution in [2.75, 3.05) is 0 Å². The number of rotatable bonds is 5. The molecule has 0 aliphatic heterocycles. The molecule has 116 valence electrons. The Morgan fingerprint density at radius 2 is 1.68 bits per heavy atom. The zero-order valence-electron chi connectivity index (χ0n) is 12.3. The highest BCUT2D eigenvalue weighted by Crippen LogP contribution is 2.18. The molecule has 0 saturated carbocycles. The van der Waals surface area contributed by atoms with Crippen molar-refractivity contribution in [3.63, 3.8) is 0 Å². The Bertz CT molecular complexity index is 628. The van der Waals surface area contributed by atoms with Gasteiger partial charge in [-0.2, -0.15) is 0 Å². The third-order valence-corrected chi connectivity index (χ3v) is 3.75. The Morgan fingerprint density at radius 1 is 1.09 bits per heavy atom. The van der Waals surface area contributed by atoms with E-state index in [1.165, 1.54) is 12.1 Å². The number of hydrogen-bond acceptors (Lipinski definition) is 2. The van der Waals surface area contributed by atoms with Crippen LogP contribution in [0.5, 0.6) is 5.75 Å². The molecule has 3 nitrogen and oxygen atoms in total. The predicted molar refractivity (Wildman–Crippen MR) is 87.2 cm³/mol. The maximum atomic E-state index is 12.9. The van der Waals surface area contributed by atoms with Crippen LogP contribution in [0.1, 0.15) is 25.5 Å². The Morgan fingerprint density at radius 3 is 2.27 bits per heavy atom. The van der Waals surface area contributed by atoms with Crippen LogP contribution in [0.2, 0.25) is 0 Å². The molecule has 1 amide bonds. The summed E-state index contributed by atoms with van der Waals surface area (Å²) in [5.41, 5.74) is 0.839. The minimum Gasteiger partial charge on any atom is -0.481 e. The van der Waals surface area contributed by atoms with Crippen molar-refractivity contribution in [3.05, 3.63) is 64.4 Å². The molecule has 0 fully saturated rings. The predicted octanol–water partition coefficient (Wildman–Crippen LogP) is 4.23. The number of ether oxygens (including phenoxy) is 1. The van der Waals surface area contributed by atoms with E-state index >= 15 is 0 Å². The third-order valence-electron chi connectivity index (χ3n) is 3.22. The smallest absolute Gasteiger partial charge is 0.261 e. The first-order chi connectivity index (χ1) is 10.5. The van der Waals surface area contributed by atoms with E-state index in [9.17, 15) is 9.18 Å². The number of carbonyl (C=O) groups is 1. The number of halogens is 2. The molecule has 2 atom stereocenters. The van der Waals surface area contributed by atoms with Gasteiger partial charge in [-0.05, 0) is 55.8 Å². The molecule has 0 bridgehead atoms. The molecule has 2 aromatic carbocycles. The van der Waals surface area contributed by atoms with Crippen LogP contribution in [0.4, 0.5) is 4.39 Å². The lowest BCUT2D eigenvalue weighted by Gasteiger charge is -2.19. The topological polar surface area (TPSA) is 38.3 Å². The van der Waals surface area contributed by atoms with E-state index in [2.05, 4.69) is 21.2 Å². The first-order valence-corrected chi connectivity index (χ1v) is 7.73. The minimum atomic E-state index is -0.621. The van der Waals surface area contributed by atoms with E-state index in [0.717, 1.165) is 10.0 Å². The summed E-state index contributed by atoms with van der Waals surface area (Å²) in [5, 5.41) is 2.85. The summed E-state index contributed by atoms with van der Waals surface area (Å²) in [6, 6.07) is 13.1. The fourth-order valence-corrected chi connectivity index (χ4v) is 2.20.